The van der Waals surface area contributed by atoms with Crippen LogP contribution in [0.15, 0.2) is 36.4 Å². The third kappa shape index (κ3) is 4.42. The number of methoxy groups -OCH3 is 1. The van der Waals surface area contributed by atoms with Gasteiger partial charge in [-0.05, 0) is 60.6 Å². The van der Waals surface area contributed by atoms with Crippen LogP contribution in [0.1, 0.15) is 28.7 Å². The number of fused-ring (bicyclic) bond motifs is 1. The molecule has 0 unspecified atom stereocenters. The molecule has 0 heterocycles. The molecule has 26 heavy (non-hydrogen) atoms. The van der Waals surface area contributed by atoms with Crippen molar-refractivity contribution in [3.8, 4) is 5.75 Å². The van der Waals surface area contributed by atoms with Crippen LogP contribution in [0.25, 0.3) is 0 Å². The molecule has 0 aromatic heterocycles. The topological polar surface area (TPSA) is 64.6 Å². The summed E-state index contributed by atoms with van der Waals surface area (Å²) in [7, 11) is 1.54. The number of ether oxygens (including phenoxy) is 2. The van der Waals surface area contributed by atoms with Crippen molar-refractivity contribution >= 4 is 17.6 Å². The molecule has 0 spiro atoms. The van der Waals surface area contributed by atoms with Crippen LogP contribution in [-0.4, -0.2) is 25.6 Å². The fraction of sp³-hybridized carbons (Fsp3) is 0.333. The number of esters is 1. The van der Waals surface area contributed by atoms with Crippen molar-refractivity contribution in [3.05, 3.63) is 58.7 Å². The van der Waals surface area contributed by atoms with Crippen LogP contribution >= 0.6 is 0 Å². The Hall–Kier alpha value is -2.82. The smallest absolute Gasteiger partial charge is 0.310 e. The van der Waals surface area contributed by atoms with Crippen LogP contribution in [0.4, 0.5) is 5.69 Å². The molecule has 0 atom stereocenters. The van der Waals surface area contributed by atoms with E-state index >= 15 is 0 Å². The molecule has 0 radical (unpaired) electrons. The molecule has 0 saturated carbocycles. The number of carbonyl (C=O) groups is 2. The zero-order chi connectivity index (χ0) is 18.5. The summed E-state index contributed by atoms with van der Waals surface area (Å²) < 4.78 is 10.3. The second-order valence-corrected chi connectivity index (χ2v) is 6.55. The van der Waals surface area contributed by atoms with Crippen LogP contribution in [0.3, 0.4) is 0 Å². The lowest BCUT2D eigenvalue weighted by Gasteiger charge is -2.11. The van der Waals surface area contributed by atoms with E-state index < -0.39 is 11.9 Å². The largest absolute Gasteiger partial charge is 0.495 e. The van der Waals surface area contributed by atoms with Gasteiger partial charge in [-0.15, -0.1) is 0 Å². The SMILES string of the molecule is COc1ccc(C)cc1NC(=O)COC(=O)Cc1ccc2c(c1)CCC2. The van der Waals surface area contributed by atoms with E-state index in [9.17, 15) is 9.59 Å². The molecule has 1 N–H and O–H groups in total. The van der Waals surface area contributed by atoms with Gasteiger partial charge >= 0.3 is 5.97 Å². The highest BCUT2D eigenvalue weighted by Crippen LogP contribution is 2.25. The predicted molar refractivity (Wildman–Crippen MR) is 99.5 cm³/mol. The highest BCUT2D eigenvalue weighted by molar-refractivity contribution is 5.94. The molecule has 1 aliphatic carbocycles. The van der Waals surface area contributed by atoms with E-state index in [2.05, 4.69) is 17.4 Å². The lowest BCUT2D eigenvalue weighted by Crippen LogP contribution is -2.22. The molecule has 0 aliphatic heterocycles. The van der Waals surface area contributed by atoms with E-state index in [1.807, 2.05) is 25.1 Å². The third-order valence-corrected chi connectivity index (χ3v) is 4.50. The molecule has 5 nitrogen and oxygen atoms in total. The number of aryl methyl sites for hydroxylation is 3. The minimum atomic E-state index is -0.408. The minimum absolute atomic E-state index is 0.175. The summed E-state index contributed by atoms with van der Waals surface area (Å²) in [4.78, 5) is 24.1. The van der Waals surface area contributed by atoms with Gasteiger partial charge in [0.15, 0.2) is 6.61 Å². The van der Waals surface area contributed by atoms with Crippen molar-refractivity contribution in [1.29, 1.82) is 0 Å². The van der Waals surface area contributed by atoms with Gasteiger partial charge in [0.1, 0.15) is 5.75 Å². The maximum Gasteiger partial charge on any atom is 0.310 e. The summed E-state index contributed by atoms with van der Waals surface area (Å²) in [5, 5.41) is 2.71. The lowest BCUT2D eigenvalue weighted by atomic mass is 10.0. The van der Waals surface area contributed by atoms with Gasteiger partial charge in [0.25, 0.3) is 5.91 Å². The maximum absolute atomic E-state index is 12.1. The Morgan fingerprint density at radius 3 is 2.69 bits per heavy atom. The zero-order valence-electron chi connectivity index (χ0n) is 15.1. The van der Waals surface area contributed by atoms with Gasteiger partial charge in [-0.3, -0.25) is 9.59 Å². The number of nitrogens with one attached hydrogen (secondary N) is 1. The quantitative estimate of drug-likeness (QED) is 0.810. The molecular formula is C21H23NO4. The second kappa shape index (κ2) is 8.04. The number of anilines is 1. The predicted octanol–water partition coefficient (Wildman–Crippen LogP) is 3.22. The minimum Gasteiger partial charge on any atom is -0.495 e. The van der Waals surface area contributed by atoms with Crippen LogP contribution in [0.5, 0.6) is 5.75 Å². The molecule has 5 heteroatoms. The van der Waals surface area contributed by atoms with E-state index in [4.69, 9.17) is 9.47 Å². The first kappa shape index (κ1) is 18.0. The molecule has 136 valence electrons. The Labute approximate surface area is 153 Å². The van der Waals surface area contributed by atoms with Gasteiger partial charge in [-0.2, -0.15) is 0 Å². The number of hydrogen-bond donors (Lipinski definition) is 1. The summed E-state index contributed by atoms with van der Waals surface area (Å²) >= 11 is 0. The van der Waals surface area contributed by atoms with Crippen molar-refractivity contribution in [2.75, 3.05) is 19.0 Å². The lowest BCUT2D eigenvalue weighted by molar-refractivity contribution is -0.146. The molecule has 2 aromatic carbocycles. The van der Waals surface area contributed by atoms with Crippen LogP contribution in [-0.2, 0) is 33.6 Å². The molecule has 0 saturated heterocycles. The van der Waals surface area contributed by atoms with E-state index in [1.165, 1.54) is 24.7 Å². The molecule has 0 fully saturated rings. The van der Waals surface area contributed by atoms with E-state index in [-0.39, 0.29) is 13.0 Å². The Morgan fingerprint density at radius 1 is 1.08 bits per heavy atom. The first-order valence-corrected chi connectivity index (χ1v) is 8.76. The van der Waals surface area contributed by atoms with Crippen molar-refractivity contribution < 1.29 is 19.1 Å². The number of hydrogen-bond acceptors (Lipinski definition) is 4. The molecule has 1 amide bonds. The van der Waals surface area contributed by atoms with Crippen molar-refractivity contribution in [2.45, 2.75) is 32.6 Å². The van der Waals surface area contributed by atoms with Gasteiger partial charge < -0.3 is 14.8 Å². The fourth-order valence-corrected chi connectivity index (χ4v) is 3.20. The van der Waals surface area contributed by atoms with Gasteiger partial charge in [0.05, 0.1) is 19.2 Å². The highest BCUT2D eigenvalue weighted by atomic mass is 16.5. The van der Waals surface area contributed by atoms with Crippen molar-refractivity contribution in [3.63, 3.8) is 0 Å². The van der Waals surface area contributed by atoms with Gasteiger partial charge in [0, 0.05) is 0 Å². The zero-order valence-corrected chi connectivity index (χ0v) is 15.1. The van der Waals surface area contributed by atoms with Crippen LogP contribution < -0.4 is 10.1 Å². The monoisotopic (exact) mass is 353 g/mol. The Kier molecular flexibility index (Phi) is 5.56. The summed E-state index contributed by atoms with van der Waals surface area (Å²) in [5.41, 5.74) is 5.17. The van der Waals surface area contributed by atoms with E-state index in [0.29, 0.717) is 11.4 Å². The third-order valence-electron chi connectivity index (χ3n) is 4.50. The van der Waals surface area contributed by atoms with Crippen molar-refractivity contribution in [2.24, 2.45) is 0 Å². The van der Waals surface area contributed by atoms with Crippen LogP contribution in [0, 0.1) is 6.92 Å². The first-order chi connectivity index (χ1) is 12.5. The standard InChI is InChI=1S/C21H23NO4/c1-14-6-9-19(25-2)18(10-14)22-20(23)13-26-21(24)12-15-7-8-16-4-3-5-17(16)11-15/h6-11H,3-5,12-13H2,1-2H3,(H,22,23). The van der Waals surface area contributed by atoms with Gasteiger partial charge in [0.2, 0.25) is 0 Å². The normalized spacial score (nSPS) is 12.4. The highest BCUT2D eigenvalue weighted by Gasteiger charge is 2.14. The van der Waals surface area contributed by atoms with Gasteiger partial charge in [-0.1, -0.05) is 24.3 Å². The average Bonchev–Trinajstić information content (AvgIpc) is 3.08. The Balaban J connectivity index is 1.51. The molecule has 3 rings (SSSR count). The van der Waals surface area contributed by atoms with E-state index in [0.717, 1.165) is 24.0 Å². The molecule has 0 bridgehead atoms. The molecule has 1 aliphatic rings. The summed E-state index contributed by atoms with van der Waals surface area (Å²) in [6.07, 6.45) is 3.53. The Bertz CT molecular complexity index is 829. The first-order valence-electron chi connectivity index (χ1n) is 8.76. The maximum atomic E-state index is 12.1. The molecular weight excluding hydrogens is 330 g/mol. The van der Waals surface area contributed by atoms with Gasteiger partial charge in [-0.25, -0.2) is 0 Å². The number of carbonyl (C=O) groups excluding carboxylic acids is 2. The summed E-state index contributed by atoms with van der Waals surface area (Å²) in [6, 6.07) is 11.6. The second-order valence-electron chi connectivity index (χ2n) is 6.55. The van der Waals surface area contributed by atoms with Crippen LogP contribution in [0.2, 0.25) is 0 Å². The fourth-order valence-electron chi connectivity index (χ4n) is 3.20. The number of benzene rings is 2. The number of amides is 1. The number of rotatable bonds is 6. The molecule has 2 aromatic rings. The average molecular weight is 353 g/mol. The van der Waals surface area contributed by atoms with E-state index in [1.54, 1.807) is 6.07 Å². The Morgan fingerprint density at radius 2 is 1.88 bits per heavy atom. The summed E-state index contributed by atoms with van der Waals surface area (Å²) in [6.45, 7) is 1.60. The summed E-state index contributed by atoms with van der Waals surface area (Å²) in [5.74, 6) is -0.237. The van der Waals surface area contributed by atoms with Crippen molar-refractivity contribution in [1.82, 2.24) is 0 Å².